The zero-order valence-electron chi connectivity index (χ0n) is 5.96. The molecule has 0 aliphatic rings. The molecule has 1 heterocycles. The molecule has 0 saturated carbocycles. The van der Waals surface area contributed by atoms with Gasteiger partial charge in [-0.05, 0) is 25.0 Å². The van der Waals surface area contributed by atoms with Crippen LogP contribution in [-0.2, 0) is 6.54 Å². The van der Waals surface area contributed by atoms with Crippen molar-refractivity contribution in [1.82, 2.24) is 4.57 Å². The molecule has 0 amide bonds. The third kappa shape index (κ3) is 2.44. The van der Waals surface area contributed by atoms with Gasteiger partial charge in [-0.3, -0.25) is 0 Å². The van der Waals surface area contributed by atoms with Crippen LogP contribution in [0.5, 0.6) is 0 Å². The molecule has 2 heteroatoms. The summed E-state index contributed by atoms with van der Waals surface area (Å²) < 4.78 is 2.17. The maximum Gasteiger partial charge on any atom is 0.0224 e. The molecule has 1 nitrogen and oxygen atoms in total. The molecule has 0 aliphatic heterocycles. The fourth-order valence-electron chi connectivity index (χ4n) is 0.908. The smallest absolute Gasteiger partial charge is 0.0224 e. The second-order valence-electron chi connectivity index (χ2n) is 2.32. The van der Waals surface area contributed by atoms with E-state index in [1.165, 1.54) is 6.42 Å². The van der Waals surface area contributed by atoms with Crippen LogP contribution in [0.3, 0.4) is 0 Å². The predicted molar refractivity (Wildman–Crippen MR) is 44.4 cm³/mol. The number of hydrogen-bond acceptors (Lipinski definition) is 0. The number of aryl methyl sites for hydroxylation is 1. The Hall–Kier alpha value is -0.430. The normalized spacial score (nSPS) is 10.1. The summed E-state index contributed by atoms with van der Waals surface area (Å²) in [4.78, 5) is 0. The molecule has 0 fully saturated rings. The van der Waals surface area contributed by atoms with E-state index in [0.717, 1.165) is 18.8 Å². The van der Waals surface area contributed by atoms with Gasteiger partial charge in [0.05, 0.1) is 0 Å². The molecule has 0 N–H and O–H groups in total. The largest absolute Gasteiger partial charge is 0.354 e. The summed E-state index contributed by atoms with van der Waals surface area (Å²) in [7, 11) is 0. The summed E-state index contributed by atoms with van der Waals surface area (Å²) in [5.74, 6) is 0.779. The zero-order chi connectivity index (χ0) is 7.23. The lowest BCUT2D eigenvalue weighted by molar-refractivity contribution is 0.637. The molecule has 1 rings (SSSR count). The van der Waals surface area contributed by atoms with Crippen molar-refractivity contribution in [2.75, 3.05) is 5.88 Å². The van der Waals surface area contributed by atoms with E-state index in [1.54, 1.807) is 0 Å². The standard InChI is InChI=1S/C8H12ClN/c9-5-1-2-6-10-7-3-4-8-10/h3-4,7-8H,1-2,5-6H2. The molecule has 56 valence electrons. The number of hydrogen-bond donors (Lipinski definition) is 0. The van der Waals surface area contributed by atoms with E-state index in [1.807, 2.05) is 12.1 Å². The van der Waals surface area contributed by atoms with Crippen molar-refractivity contribution in [3.63, 3.8) is 0 Å². The monoisotopic (exact) mass is 157 g/mol. The SMILES string of the molecule is ClCCCCn1cccc1. The number of nitrogens with zero attached hydrogens (tertiary/aromatic N) is 1. The molecule has 0 atom stereocenters. The van der Waals surface area contributed by atoms with Gasteiger partial charge in [-0.25, -0.2) is 0 Å². The Bertz CT molecular complexity index is 158. The van der Waals surface area contributed by atoms with E-state index in [9.17, 15) is 0 Å². The minimum absolute atomic E-state index is 0.779. The molecule has 1 aromatic rings. The first-order chi connectivity index (χ1) is 4.93. The second kappa shape index (κ2) is 4.40. The molecule has 1 aromatic heterocycles. The van der Waals surface area contributed by atoms with Crippen molar-refractivity contribution in [2.24, 2.45) is 0 Å². The van der Waals surface area contributed by atoms with E-state index in [-0.39, 0.29) is 0 Å². The lowest BCUT2D eigenvalue weighted by Crippen LogP contribution is -1.93. The highest BCUT2D eigenvalue weighted by molar-refractivity contribution is 6.17. The molecule has 0 saturated heterocycles. The van der Waals surface area contributed by atoms with Gasteiger partial charge in [0.15, 0.2) is 0 Å². The van der Waals surface area contributed by atoms with Crippen molar-refractivity contribution in [3.05, 3.63) is 24.5 Å². The topological polar surface area (TPSA) is 4.93 Å². The highest BCUT2D eigenvalue weighted by Gasteiger charge is 1.87. The molecular formula is C8H12ClN. The molecule has 0 spiro atoms. The summed E-state index contributed by atoms with van der Waals surface area (Å²) >= 11 is 5.53. The van der Waals surface area contributed by atoms with Crippen LogP contribution in [0.15, 0.2) is 24.5 Å². The van der Waals surface area contributed by atoms with E-state index in [4.69, 9.17) is 11.6 Å². The number of unbranched alkanes of at least 4 members (excludes halogenated alkanes) is 1. The van der Waals surface area contributed by atoms with Gasteiger partial charge in [0.2, 0.25) is 0 Å². The lowest BCUT2D eigenvalue weighted by Gasteiger charge is -1.99. The summed E-state index contributed by atoms with van der Waals surface area (Å²) in [5.41, 5.74) is 0. The zero-order valence-corrected chi connectivity index (χ0v) is 6.72. The fourth-order valence-corrected chi connectivity index (χ4v) is 1.10. The van der Waals surface area contributed by atoms with Crippen molar-refractivity contribution >= 4 is 11.6 Å². The first-order valence-electron chi connectivity index (χ1n) is 3.60. The Balaban J connectivity index is 2.15. The molecule has 0 aliphatic carbocycles. The third-order valence-corrected chi connectivity index (χ3v) is 1.73. The van der Waals surface area contributed by atoms with Crippen LogP contribution in [0.4, 0.5) is 0 Å². The third-order valence-electron chi connectivity index (χ3n) is 1.47. The molecule has 0 aromatic carbocycles. The number of aromatic nitrogens is 1. The van der Waals surface area contributed by atoms with E-state index < -0.39 is 0 Å². The van der Waals surface area contributed by atoms with Crippen LogP contribution in [0.25, 0.3) is 0 Å². The average Bonchev–Trinajstić information content (AvgIpc) is 2.41. The van der Waals surface area contributed by atoms with Gasteiger partial charge < -0.3 is 4.57 Å². The summed E-state index contributed by atoms with van der Waals surface area (Å²) in [6.07, 6.45) is 6.44. The molecule has 0 unspecified atom stereocenters. The predicted octanol–water partition coefficient (Wildman–Crippen LogP) is 2.51. The van der Waals surface area contributed by atoms with Crippen molar-refractivity contribution in [3.8, 4) is 0 Å². The van der Waals surface area contributed by atoms with E-state index >= 15 is 0 Å². The van der Waals surface area contributed by atoms with Gasteiger partial charge in [0, 0.05) is 24.8 Å². The molecule has 0 bridgehead atoms. The van der Waals surface area contributed by atoms with Crippen LogP contribution < -0.4 is 0 Å². The Morgan fingerprint density at radius 3 is 2.40 bits per heavy atom. The summed E-state index contributed by atoms with van der Waals surface area (Å²) in [6.45, 7) is 1.10. The van der Waals surface area contributed by atoms with Crippen LogP contribution in [0, 0.1) is 0 Å². The second-order valence-corrected chi connectivity index (χ2v) is 2.69. The molecular weight excluding hydrogens is 146 g/mol. The minimum atomic E-state index is 0.779. The van der Waals surface area contributed by atoms with Gasteiger partial charge in [0.25, 0.3) is 0 Å². The minimum Gasteiger partial charge on any atom is -0.354 e. The number of halogens is 1. The van der Waals surface area contributed by atoms with E-state index in [2.05, 4.69) is 17.0 Å². The lowest BCUT2D eigenvalue weighted by atomic mass is 10.3. The van der Waals surface area contributed by atoms with Crippen LogP contribution in [0.1, 0.15) is 12.8 Å². The number of rotatable bonds is 4. The summed E-state index contributed by atoms with van der Waals surface area (Å²) in [5, 5.41) is 0. The highest BCUT2D eigenvalue weighted by Crippen LogP contribution is 1.97. The Labute approximate surface area is 66.6 Å². The van der Waals surface area contributed by atoms with Crippen LogP contribution >= 0.6 is 11.6 Å². The average molecular weight is 158 g/mol. The Morgan fingerprint density at radius 1 is 1.10 bits per heavy atom. The maximum atomic E-state index is 5.53. The summed E-state index contributed by atoms with van der Waals surface area (Å²) in [6, 6.07) is 4.08. The quantitative estimate of drug-likeness (QED) is 0.468. The van der Waals surface area contributed by atoms with Gasteiger partial charge in [-0.15, -0.1) is 11.6 Å². The van der Waals surface area contributed by atoms with Gasteiger partial charge >= 0.3 is 0 Å². The first kappa shape index (κ1) is 7.67. The fraction of sp³-hybridized carbons (Fsp3) is 0.500. The first-order valence-corrected chi connectivity index (χ1v) is 4.13. The van der Waals surface area contributed by atoms with Crippen LogP contribution in [0.2, 0.25) is 0 Å². The van der Waals surface area contributed by atoms with Crippen molar-refractivity contribution in [2.45, 2.75) is 19.4 Å². The highest BCUT2D eigenvalue weighted by atomic mass is 35.5. The van der Waals surface area contributed by atoms with Crippen LogP contribution in [-0.4, -0.2) is 10.4 Å². The molecule has 10 heavy (non-hydrogen) atoms. The van der Waals surface area contributed by atoms with Crippen molar-refractivity contribution in [1.29, 1.82) is 0 Å². The van der Waals surface area contributed by atoms with Gasteiger partial charge in [-0.1, -0.05) is 0 Å². The maximum absolute atomic E-state index is 5.53. The van der Waals surface area contributed by atoms with Gasteiger partial charge in [-0.2, -0.15) is 0 Å². The Morgan fingerprint density at radius 2 is 1.80 bits per heavy atom. The van der Waals surface area contributed by atoms with Crippen molar-refractivity contribution < 1.29 is 0 Å². The Kier molecular flexibility index (Phi) is 3.37. The van der Waals surface area contributed by atoms with Gasteiger partial charge in [0.1, 0.15) is 0 Å². The molecule has 0 radical (unpaired) electrons. The van der Waals surface area contributed by atoms with E-state index in [0.29, 0.717) is 0 Å². The number of alkyl halides is 1.